The lowest BCUT2D eigenvalue weighted by molar-refractivity contribution is -0.136. The van der Waals surface area contributed by atoms with Gasteiger partial charge < -0.3 is 24.8 Å². The van der Waals surface area contributed by atoms with Gasteiger partial charge in [0.25, 0.3) is 0 Å². The Kier molecular flexibility index (Phi) is 5.61. The molecular formula is C20H20N2O4S. The normalized spacial score (nSPS) is 16.3. The summed E-state index contributed by atoms with van der Waals surface area (Å²) in [7, 11) is 4.49. The first-order valence-corrected chi connectivity index (χ1v) is 8.67. The molecule has 2 aromatic carbocycles. The third-order valence-electron chi connectivity index (χ3n) is 4.28. The smallest absolute Gasteiger partial charge is 0.338 e. The van der Waals surface area contributed by atoms with Crippen molar-refractivity contribution in [2.45, 2.75) is 6.04 Å². The number of hydrogen-bond donors (Lipinski definition) is 2. The Morgan fingerprint density at radius 3 is 2.33 bits per heavy atom. The van der Waals surface area contributed by atoms with Crippen molar-refractivity contribution >= 4 is 29.0 Å². The fourth-order valence-corrected chi connectivity index (χ4v) is 3.23. The predicted octanol–water partition coefficient (Wildman–Crippen LogP) is 2.81. The van der Waals surface area contributed by atoms with Crippen molar-refractivity contribution in [2.75, 3.05) is 21.3 Å². The zero-order valence-electron chi connectivity index (χ0n) is 15.2. The van der Waals surface area contributed by atoms with Crippen LogP contribution in [0.3, 0.4) is 0 Å². The van der Waals surface area contributed by atoms with E-state index in [2.05, 4.69) is 10.6 Å². The van der Waals surface area contributed by atoms with Crippen LogP contribution in [-0.4, -0.2) is 32.4 Å². The van der Waals surface area contributed by atoms with Gasteiger partial charge in [0.15, 0.2) is 16.6 Å². The molecule has 140 valence electrons. The van der Waals surface area contributed by atoms with Gasteiger partial charge in [0, 0.05) is 0 Å². The van der Waals surface area contributed by atoms with Crippen molar-refractivity contribution in [3.8, 4) is 11.5 Å². The number of rotatable bonds is 5. The number of thiocarbonyl (C=S) groups is 1. The van der Waals surface area contributed by atoms with Gasteiger partial charge in [-0.25, -0.2) is 4.79 Å². The number of nitrogens with one attached hydrogen (secondary N) is 2. The van der Waals surface area contributed by atoms with Crippen LogP contribution >= 0.6 is 12.2 Å². The van der Waals surface area contributed by atoms with Crippen LogP contribution in [0.2, 0.25) is 0 Å². The highest BCUT2D eigenvalue weighted by atomic mass is 32.1. The minimum Gasteiger partial charge on any atom is -0.493 e. The molecule has 2 N–H and O–H groups in total. The van der Waals surface area contributed by atoms with Crippen LogP contribution < -0.4 is 20.1 Å². The molecule has 1 heterocycles. The van der Waals surface area contributed by atoms with Crippen molar-refractivity contribution in [2.24, 2.45) is 0 Å². The minimum atomic E-state index is -0.499. The molecule has 0 unspecified atom stereocenters. The van der Waals surface area contributed by atoms with Crippen LogP contribution in [0.25, 0.3) is 5.70 Å². The van der Waals surface area contributed by atoms with Gasteiger partial charge in [0.2, 0.25) is 0 Å². The lowest BCUT2D eigenvalue weighted by Crippen LogP contribution is -2.45. The molecule has 1 aliphatic heterocycles. The van der Waals surface area contributed by atoms with E-state index in [4.69, 9.17) is 26.4 Å². The van der Waals surface area contributed by atoms with E-state index >= 15 is 0 Å². The van der Waals surface area contributed by atoms with Gasteiger partial charge in [-0.3, -0.25) is 0 Å². The second kappa shape index (κ2) is 8.09. The van der Waals surface area contributed by atoms with E-state index in [0.29, 0.717) is 27.9 Å². The molecule has 0 radical (unpaired) electrons. The third kappa shape index (κ3) is 3.73. The average Bonchev–Trinajstić information content (AvgIpc) is 2.72. The molecule has 0 saturated heterocycles. The van der Waals surface area contributed by atoms with Crippen molar-refractivity contribution in [1.29, 1.82) is 0 Å². The fraction of sp³-hybridized carbons (Fsp3) is 0.200. The van der Waals surface area contributed by atoms with Crippen LogP contribution in [0.15, 0.2) is 54.1 Å². The maximum absolute atomic E-state index is 12.7. The topological polar surface area (TPSA) is 68.8 Å². The summed E-state index contributed by atoms with van der Waals surface area (Å²) in [4.78, 5) is 12.7. The Hall–Kier alpha value is -3.06. The summed E-state index contributed by atoms with van der Waals surface area (Å²) in [6.45, 7) is 0. The molecule has 2 aromatic rings. The van der Waals surface area contributed by atoms with Crippen LogP contribution in [0.1, 0.15) is 17.2 Å². The standard InChI is InChI=1S/C20H20N2O4S/c1-24-14-10-9-13(11-15(14)25-2)18-16(19(23)26-3)17(21-20(27)22-18)12-7-5-4-6-8-12/h4-11,18H,1-3H3,(H2,21,22,27)/t18-/m1/s1. The second-order valence-corrected chi connectivity index (χ2v) is 6.20. The molecule has 0 aliphatic carbocycles. The maximum Gasteiger partial charge on any atom is 0.338 e. The Labute approximate surface area is 163 Å². The highest BCUT2D eigenvalue weighted by molar-refractivity contribution is 7.80. The molecule has 7 heteroatoms. The zero-order valence-corrected chi connectivity index (χ0v) is 16.1. The number of benzene rings is 2. The summed E-state index contributed by atoms with van der Waals surface area (Å²) in [6.07, 6.45) is 0. The number of esters is 1. The molecule has 1 atom stereocenters. The van der Waals surface area contributed by atoms with E-state index in [9.17, 15) is 4.79 Å². The predicted molar refractivity (Wildman–Crippen MR) is 107 cm³/mol. The van der Waals surface area contributed by atoms with Crippen molar-refractivity contribution in [1.82, 2.24) is 10.6 Å². The highest BCUT2D eigenvalue weighted by Gasteiger charge is 2.33. The van der Waals surface area contributed by atoms with Gasteiger partial charge in [-0.15, -0.1) is 0 Å². The lowest BCUT2D eigenvalue weighted by Gasteiger charge is -2.31. The molecule has 0 fully saturated rings. The van der Waals surface area contributed by atoms with Gasteiger partial charge in [0.1, 0.15) is 0 Å². The highest BCUT2D eigenvalue weighted by Crippen LogP contribution is 2.36. The molecule has 0 aromatic heterocycles. The van der Waals surface area contributed by atoms with Crippen LogP contribution in [-0.2, 0) is 9.53 Å². The van der Waals surface area contributed by atoms with E-state index in [1.807, 2.05) is 42.5 Å². The largest absolute Gasteiger partial charge is 0.493 e. The molecule has 27 heavy (non-hydrogen) atoms. The SMILES string of the molecule is COC(=O)C1=C(c2ccccc2)NC(=S)N[C@@H]1c1ccc(OC)c(OC)c1. The van der Waals surface area contributed by atoms with E-state index < -0.39 is 12.0 Å². The number of ether oxygens (including phenoxy) is 3. The van der Waals surface area contributed by atoms with Gasteiger partial charge in [-0.1, -0.05) is 36.4 Å². The first-order valence-electron chi connectivity index (χ1n) is 8.26. The van der Waals surface area contributed by atoms with E-state index in [-0.39, 0.29) is 0 Å². The molecule has 0 spiro atoms. The Balaban J connectivity index is 2.18. The van der Waals surface area contributed by atoms with Crippen LogP contribution in [0.5, 0.6) is 11.5 Å². The van der Waals surface area contributed by atoms with Crippen LogP contribution in [0.4, 0.5) is 0 Å². The Morgan fingerprint density at radius 2 is 1.70 bits per heavy atom. The van der Waals surface area contributed by atoms with Crippen LogP contribution in [0, 0.1) is 0 Å². The summed E-state index contributed by atoms with van der Waals surface area (Å²) < 4.78 is 15.7. The quantitative estimate of drug-likeness (QED) is 0.607. The molecule has 0 saturated carbocycles. The van der Waals surface area contributed by atoms with Crippen molar-refractivity contribution in [3.63, 3.8) is 0 Å². The van der Waals surface area contributed by atoms with E-state index in [0.717, 1.165) is 11.1 Å². The number of carbonyl (C=O) groups is 1. The van der Waals surface area contributed by atoms with Crippen molar-refractivity contribution < 1.29 is 19.0 Å². The van der Waals surface area contributed by atoms with Gasteiger partial charge in [-0.05, 0) is 35.5 Å². The first kappa shape index (κ1) is 18.7. The average molecular weight is 384 g/mol. The monoisotopic (exact) mass is 384 g/mol. The molecule has 3 rings (SSSR count). The van der Waals surface area contributed by atoms with E-state index in [1.165, 1.54) is 7.11 Å². The molecular weight excluding hydrogens is 364 g/mol. The Bertz CT molecular complexity index is 896. The maximum atomic E-state index is 12.7. The summed E-state index contributed by atoms with van der Waals surface area (Å²) in [5.41, 5.74) is 2.69. The number of methoxy groups -OCH3 is 3. The first-order chi connectivity index (χ1) is 13.1. The third-order valence-corrected chi connectivity index (χ3v) is 4.50. The fourth-order valence-electron chi connectivity index (χ4n) is 3.01. The summed E-state index contributed by atoms with van der Waals surface area (Å²) in [6, 6.07) is 14.5. The van der Waals surface area contributed by atoms with Gasteiger partial charge >= 0.3 is 5.97 Å². The molecule has 6 nitrogen and oxygen atoms in total. The van der Waals surface area contributed by atoms with Gasteiger partial charge in [0.05, 0.1) is 38.6 Å². The van der Waals surface area contributed by atoms with Crippen molar-refractivity contribution in [3.05, 3.63) is 65.2 Å². The number of hydrogen-bond acceptors (Lipinski definition) is 5. The summed E-state index contributed by atoms with van der Waals surface area (Å²) in [5.74, 6) is 0.715. The van der Waals surface area contributed by atoms with E-state index in [1.54, 1.807) is 20.3 Å². The molecule has 0 amide bonds. The van der Waals surface area contributed by atoms with Gasteiger partial charge in [-0.2, -0.15) is 0 Å². The molecule has 1 aliphatic rings. The zero-order chi connectivity index (χ0) is 19.4. The summed E-state index contributed by atoms with van der Waals surface area (Å²) >= 11 is 5.38. The molecule has 0 bridgehead atoms. The second-order valence-electron chi connectivity index (χ2n) is 5.79. The minimum absolute atomic E-state index is 0.418. The number of carbonyl (C=O) groups excluding carboxylic acids is 1. The summed E-state index contributed by atoms with van der Waals surface area (Å²) in [5, 5.41) is 6.66. The lowest BCUT2D eigenvalue weighted by atomic mass is 9.92. The Morgan fingerprint density at radius 1 is 1.00 bits per heavy atom.